The molecule has 0 aromatic rings. The molecule has 3 fully saturated rings. The molecule has 16 N–H and O–H groups in total. The Balaban J connectivity index is 1.62. The summed E-state index contributed by atoms with van der Waals surface area (Å²) in [6.07, 6.45) is -7.61. The summed E-state index contributed by atoms with van der Waals surface area (Å²) in [5.74, 6) is -2.28. The number of carbonyl (C=O) groups excluding carboxylic acids is 1. The Morgan fingerprint density at radius 3 is 1.05 bits per heavy atom. The summed E-state index contributed by atoms with van der Waals surface area (Å²) in [4.78, 5) is 63.4. The second-order valence-corrected chi connectivity index (χ2v) is 34.2. The van der Waals surface area contributed by atoms with Crippen LogP contribution in [0.1, 0.15) is 124 Å². The van der Waals surface area contributed by atoms with Crippen molar-refractivity contribution in [2.24, 2.45) is 23.2 Å². The van der Waals surface area contributed by atoms with Crippen LogP contribution in [0.15, 0.2) is 0 Å². The standard InChI is InChI=1S/C63H126NO42P5/c1-46-54(70)56(72)50(36-66)104-60(46)92-25-11-5-8-14-28-96-108(78,79)99-32-18-22-88-41-63(44-102-111(84,85)103-45-91-40-49(35-65)39-87-21-17-31-95-107(76,77)86-4,42-89-23-19-33-100-109(80,81)97-29-15-9-6-12-26-93-61-47(2)55(71)57(73)51(37-67)105-61)43-90-24-20-34-101-110(82,83)98-30-16-10-7-13-27-94-62-53(64-48(3)69)59(75)58(74)52(38-68)106-62/h46-47,49-62,65-68,70-75H,5-45H2,1-4H3,(H,64,69)(H,76,77)(H,78,79)(H,80,81)(H,82,83)(H,84,85)/t46?,47?,49?,50?,51?,52?,53?,54-,55-,56+,57+,58+,59-,60-,61-,62-,63?/m1/s1. The third-order valence-corrected chi connectivity index (χ3v) is 22.3. The zero-order chi connectivity index (χ0) is 82.4. The number of phosphoric acid groups is 5. The molecule has 660 valence electrons. The lowest BCUT2D eigenvalue weighted by Crippen LogP contribution is -2.64. The predicted molar refractivity (Wildman–Crippen MR) is 383 cm³/mol. The molecular formula is C63H126NO42P5. The molecule has 3 aliphatic rings. The quantitative estimate of drug-likeness (QED) is 0.0232. The number of carbonyl (C=O) groups is 1. The number of rotatable bonds is 69. The van der Waals surface area contributed by atoms with Crippen molar-refractivity contribution in [2.45, 2.75) is 203 Å². The second-order valence-electron chi connectivity index (χ2n) is 26.9. The van der Waals surface area contributed by atoms with Gasteiger partial charge in [-0.25, -0.2) is 22.8 Å². The van der Waals surface area contributed by atoms with Crippen LogP contribution < -0.4 is 5.32 Å². The number of amides is 1. The third-order valence-electron chi connectivity index (χ3n) is 17.4. The van der Waals surface area contributed by atoms with E-state index >= 15 is 0 Å². The summed E-state index contributed by atoms with van der Waals surface area (Å²) < 4.78 is 177. The molecule has 0 aromatic heterocycles. The largest absolute Gasteiger partial charge is 0.474 e. The number of aliphatic hydroxyl groups is 10. The number of hydrogen-bond donors (Lipinski definition) is 16. The van der Waals surface area contributed by atoms with Crippen LogP contribution in [0.25, 0.3) is 0 Å². The van der Waals surface area contributed by atoms with Gasteiger partial charge in [-0.3, -0.25) is 50.0 Å². The first kappa shape index (κ1) is 104. The fourth-order valence-corrected chi connectivity index (χ4v) is 14.4. The Kier molecular flexibility index (Phi) is 54.0. The third kappa shape index (κ3) is 44.3. The van der Waals surface area contributed by atoms with Crippen LogP contribution in [-0.4, -0.2) is 334 Å². The molecule has 43 nitrogen and oxygen atoms in total. The van der Waals surface area contributed by atoms with Gasteiger partial charge in [-0.1, -0.05) is 52.4 Å². The van der Waals surface area contributed by atoms with Gasteiger partial charge < -0.3 is 133 Å². The minimum atomic E-state index is -5.06. The van der Waals surface area contributed by atoms with E-state index in [0.717, 1.165) is 7.11 Å². The van der Waals surface area contributed by atoms with E-state index in [2.05, 4.69) is 9.84 Å². The van der Waals surface area contributed by atoms with Crippen molar-refractivity contribution in [3.8, 4) is 0 Å². The highest BCUT2D eigenvalue weighted by molar-refractivity contribution is 7.48. The number of unbranched alkanes of at least 4 members (excludes halogenated alkanes) is 9. The number of nitrogens with one attached hydrogen (secondary N) is 1. The maximum Gasteiger partial charge on any atom is 0.474 e. The van der Waals surface area contributed by atoms with E-state index in [1.807, 2.05) is 0 Å². The smallest absolute Gasteiger partial charge is 0.396 e. The number of aliphatic hydroxyl groups excluding tert-OH is 10. The van der Waals surface area contributed by atoms with Gasteiger partial charge in [0.15, 0.2) is 25.7 Å². The first-order valence-corrected chi connectivity index (χ1v) is 44.7. The van der Waals surface area contributed by atoms with Crippen LogP contribution in [0.2, 0.25) is 0 Å². The Morgan fingerprint density at radius 1 is 0.378 bits per heavy atom. The van der Waals surface area contributed by atoms with Gasteiger partial charge in [0.2, 0.25) is 5.91 Å². The molecule has 111 heavy (non-hydrogen) atoms. The van der Waals surface area contributed by atoms with Crippen LogP contribution >= 0.6 is 39.1 Å². The molecule has 0 radical (unpaired) electrons. The van der Waals surface area contributed by atoms with Gasteiger partial charge >= 0.3 is 39.1 Å². The van der Waals surface area contributed by atoms with E-state index in [1.165, 1.54) is 6.92 Å². The number of ether oxygens (including phenoxy) is 11. The Morgan fingerprint density at radius 2 is 0.694 bits per heavy atom. The van der Waals surface area contributed by atoms with Crippen LogP contribution in [0.3, 0.4) is 0 Å². The van der Waals surface area contributed by atoms with Gasteiger partial charge in [0.1, 0.15) is 48.8 Å². The van der Waals surface area contributed by atoms with Gasteiger partial charge in [-0.2, -0.15) is 0 Å². The predicted octanol–water partition coefficient (Wildman–Crippen LogP) is 1.30. The Hall–Kier alpha value is -0.820. The van der Waals surface area contributed by atoms with E-state index < -0.39 is 208 Å². The van der Waals surface area contributed by atoms with Crippen molar-refractivity contribution in [3.63, 3.8) is 0 Å². The van der Waals surface area contributed by atoms with Crippen molar-refractivity contribution in [1.29, 1.82) is 0 Å². The lowest BCUT2D eigenvalue weighted by molar-refractivity contribution is -0.282. The molecule has 0 saturated carbocycles. The highest BCUT2D eigenvalue weighted by atomic mass is 31.2. The molecule has 3 saturated heterocycles. The van der Waals surface area contributed by atoms with Crippen LogP contribution in [-0.2, 0) is 125 Å². The molecule has 21 atom stereocenters. The maximum absolute atomic E-state index is 13.5. The van der Waals surface area contributed by atoms with Crippen molar-refractivity contribution in [1.82, 2.24) is 5.32 Å². The van der Waals surface area contributed by atoms with Crippen LogP contribution in [0.5, 0.6) is 0 Å². The normalized spacial score (nSPS) is 28.2. The molecule has 12 unspecified atom stereocenters. The molecule has 1 amide bonds. The lowest BCUT2D eigenvalue weighted by atomic mass is 9.92. The number of hydrogen-bond acceptors (Lipinski definition) is 37. The van der Waals surface area contributed by atoms with Crippen molar-refractivity contribution in [2.75, 3.05) is 172 Å². The van der Waals surface area contributed by atoms with Crippen LogP contribution in [0.4, 0.5) is 0 Å². The first-order chi connectivity index (χ1) is 52.7. The topological polar surface area (TPSA) is 612 Å². The molecule has 0 aliphatic carbocycles. The molecule has 0 spiro atoms. The Labute approximate surface area is 647 Å². The summed E-state index contributed by atoms with van der Waals surface area (Å²) in [7, 11) is -22.0. The monoisotopic (exact) mass is 1720 g/mol. The minimum Gasteiger partial charge on any atom is -0.396 e. The zero-order valence-electron chi connectivity index (χ0n) is 63.7. The maximum atomic E-state index is 13.5. The van der Waals surface area contributed by atoms with Gasteiger partial charge in [0.25, 0.3) is 0 Å². The van der Waals surface area contributed by atoms with Crippen molar-refractivity contribution in [3.05, 3.63) is 0 Å². The molecular weight excluding hydrogens is 1600 g/mol. The zero-order valence-corrected chi connectivity index (χ0v) is 68.2. The first-order valence-electron chi connectivity index (χ1n) is 37.2. The van der Waals surface area contributed by atoms with Crippen LogP contribution in [0, 0.1) is 23.2 Å². The van der Waals surface area contributed by atoms with Crippen molar-refractivity contribution < 1.29 is 200 Å². The summed E-state index contributed by atoms with van der Waals surface area (Å²) in [6, 6.07) is -1.11. The SMILES string of the molecule is COP(=O)(O)OCCCOCC(CO)COCOP(=O)(O)OCC(COCCCOP(=O)(O)OCCCCCCO[C@@H]1OC(CO)[C@H](O)[C@H](O)C1C)(COCCCOP(=O)(O)OCCCCCCO[C@@H]1OC(CO)[C@H](O)[C@H](O)C1C)COCCCOP(=O)(O)OCCCCCCO[C@@H]1OC(CO)[C@H](O)[C@H](O)C1NC(C)=O. The molecule has 0 aromatic carbocycles. The van der Waals surface area contributed by atoms with E-state index in [4.69, 9.17) is 92.8 Å². The average Bonchev–Trinajstić information content (AvgIpc) is 0.785. The lowest BCUT2D eigenvalue weighted by Gasteiger charge is -2.42. The number of phosphoric ester groups is 5. The van der Waals surface area contributed by atoms with E-state index in [0.29, 0.717) is 77.0 Å². The molecule has 3 rings (SSSR count). The molecule has 48 heteroatoms. The highest BCUT2D eigenvalue weighted by Crippen LogP contribution is 2.47. The molecule has 0 bridgehead atoms. The highest BCUT2D eigenvalue weighted by Gasteiger charge is 2.47. The average molecular weight is 1720 g/mol. The van der Waals surface area contributed by atoms with Gasteiger partial charge in [0.05, 0.1) is 130 Å². The van der Waals surface area contributed by atoms with Gasteiger partial charge in [0, 0.05) is 78.0 Å². The molecule has 3 aliphatic heterocycles. The summed E-state index contributed by atoms with van der Waals surface area (Å²) in [6.45, 7) is -2.25. The van der Waals surface area contributed by atoms with E-state index in [1.54, 1.807) is 13.8 Å². The molecule has 3 heterocycles. The van der Waals surface area contributed by atoms with E-state index in [9.17, 15) is 103 Å². The fourth-order valence-electron chi connectivity index (χ4n) is 10.9. The summed E-state index contributed by atoms with van der Waals surface area (Å²) in [5, 5.41) is 102. The van der Waals surface area contributed by atoms with E-state index in [-0.39, 0.29) is 131 Å². The summed E-state index contributed by atoms with van der Waals surface area (Å²) >= 11 is 0. The fraction of sp³-hybridized carbons (Fsp3) is 0.984. The van der Waals surface area contributed by atoms with Gasteiger partial charge in [-0.05, 0) is 64.2 Å². The Bertz CT molecular complexity index is 2590. The second kappa shape index (κ2) is 57.4. The van der Waals surface area contributed by atoms with Gasteiger partial charge in [-0.15, -0.1) is 0 Å². The minimum absolute atomic E-state index is 0.0159. The summed E-state index contributed by atoms with van der Waals surface area (Å²) in [5.41, 5.74) is -1.56. The van der Waals surface area contributed by atoms with Crippen molar-refractivity contribution >= 4 is 45.0 Å².